The molecule has 1 fully saturated rings. The second kappa shape index (κ2) is 9.45. The predicted octanol–water partition coefficient (Wildman–Crippen LogP) is 1.77. The smallest absolute Gasteiger partial charge is 0.271 e. The number of benzene rings is 1. The molecule has 1 heterocycles. The first-order valence-corrected chi connectivity index (χ1v) is 10.4. The van der Waals surface area contributed by atoms with Crippen LogP contribution in [0.2, 0.25) is 0 Å². The number of hydrogen-bond donors (Lipinski definition) is 1. The lowest BCUT2D eigenvalue weighted by atomic mass is 10.2. The number of hydrogen-bond acceptors (Lipinski definition) is 7. The summed E-state index contributed by atoms with van der Waals surface area (Å²) in [6.07, 6.45) is 1.91. The zero-order valence-electron chi connectivity index (χ0n) is 15.9. The SMILES string of the molecule is COc1ccc([N+](=O)[O-])cc1S(=O)(=O)NCCCCN1C[C@@H](C)O[C@H](C)C1. The zero-order valence-corrected chi connectivity index (χ0v) is 16.7. The monoisotopic (exact) mass is 401 g/mol. The number of nitrogens with one attached hydrogen (secondary N) is 1. The van der Waals surface area contributed by atoms with E-state index in [4.69, 9.17) is 9.47 Å². The number of nitro benzene ring substituents is 1. The summed E-state index contributed by atoms with van der Waals surface area (Å²) in [4.78, 5) is 12.4. The van der Waals surface area contributed by atoms with Crippen LogP contribution in [-0.4, -0.2) is 63.7 Å². The average Bonchev–Trinajstić information content (AvgIpc) is 2.59. The number of nitrogens with zero attached hydrogens (tertiary/aromatic N) is 2. The van der Waals surface area contributed by atoms with Crippen LogP contribution in [0.1, 0.15) is 26.7 Å². The van der Waals surface area contributed by atoms with Crippen LogP contribution >= 0.6 is 0 Å². The molecule has 1 aromatic rings. The van der Waals surface area contributed by atoms with E-state index in [0.717, 1.165) is 32.1 Å². The van der Waals surface area contributed by atoms with E-state index in [-0.39, 0.29) is 35.1 Å². The second-order valence-electron chi connectivity index (χ2n) is 6.71. The van der Waals surface area contributed by atoms with Crippen LogP contribution in [0, 0.1) is 10.1 Å². The summed E-state index contributed by atoms with van der Waals surface area (Å²) in [5.41, 5.74) is -0.299. The summed E-state index contributed by atoms with van der Waals surface area (Å²) in [6.45, 7) is 6.97. The van der Waals surface area contributed by atoms with Gasteiger partial charge in [-0.3, -0.25) is 15.0 Å². The van der Waals surface area contributed by atoms with Gasteiger partial charge in [0.2, 0.25) is 10.0 Å². The fourth-order valence-corrected chi connectivity index (χ4v) is 4.46. The molecule has 0 aliphatic carbocycles. The molecule has 27 heavy (non-hydrogen) atoms. The molecule has 0 saturated carbocycles. The third-order valence-electron chi connectivity index (χ3n) is 4.34. The Balaban J connectivity index is 1.88. The highest BCUT2D eigenvalue weighted by molar-refractivity contribution is 7.89. The Hall–Kier alpha value is -1.75. The van der Waals surface area contributed by atoms with Gasteiger partial charge in [0.05, 0.1) is 24.2 Å². The van der Waals surface area contributed by atoms with E-state index in [1.807, 2.05) is 13.8 Å². The fourth-order valence-electron chi connectivity index (χ4n) is 3.20. The van der Waals surface area contributed by atoms with Gasteiger partial charge in [-0.1, -0.05) is 0 Å². The lowest BCUT2D eigenvalue weighted by Crippen LogP contribution is -2.45. The third kappa shape index (κ3) is 6.13. The average molecular weight is 401 g/mol. The molecule has 0 unspecified atom stereocenters. The van der Waals surface area contributed by atoms with E-state index in [2.05, 4.69) is 9.62 Å². The van der Waals surface area contributed by atoms with Gasteiger partial charge < -0.3 is 9.47 Å². The van der Waals surface area contributed by atoms with Crippen LogP contribution in [0.25, 0.3) is 0 Å². The van der Waals surface area contributed by atoms with Crippen molar-refractivity contribution in [2.75, 3.05) is 33.3 Å². The number of morpholine rings is 1. The van der Waals surface area contributed by atoms with Gasteiger partial charge in [0.15, 0.2) is 0 Å². The summed E-state index contributed by atoms with van der Waals surface area (Å²) >= 11 is 0. The molecule has 1 aliphatic heterocycles. The molecule has 0 spiro atoms. The standard InChI is InChI=1S/C17H27N3O6S/c1-13-11-19(12-14(2)26-13)9-5-4-8-18-27(23,24)17-10-15(20(21)22)6-7-16(17)25-3/h6-7,10,13-14,18H,4-5,8-9,11-12H2,1-3H3/t13-,14-/m1/s1. The Labute approximate surface area is 159 Å². The van der Waals surface area contributed by atoms with Crippen LogP contribution in [-0.2, 0) is 14.8 Å². The third-order valence-corrected chi connectivity index (χ3v) is 5.82. The van der Waals surface area contributed by atoms with Gasteiger partial charge in [0, 0.05) is 31.8 Å². The first-order chi connectivity index (χ1) is 12.7. The minimum Gasteiger partial charge on any atom is -0.495 e. The number of nitro groups is 1. The number of sulfonamides is 1. The normalized spacial score (nSPS) is 21.1. The second-order valence-corrected chi connectivity index (χ2v) is 8.45. The van der Waals surface area contributed by atoms with Crippen molar-refractivity contribution in [2.24, 2.45) is 0 Å². The number of ether oxygens (including phenoxy) is 2. The van der Waals surface area contributed by atoms with Crippen molar-refractivity contribution in [1.29, 1.82) is 0 Å². The molecule has 9 nitrogen and oxygen atoms in total. The van der Waals surface area contributed by atoms with E-state index >= 15 is 0 Å². The van der Waals surface area contributed by atoms with Crippen LogP contribution in [0.3, 0.4) is 0 Å². The highest BCUT2D eigenvalue weighted by atomic mass is 32.2. The van der Waals surface area contributed by atoms with E-state index in [9.17, 15) is 18.5 Å². The van der Waals surface area contributed by atoms with Crippen molar-refractivity contribution >= 4 is 15.7 Å². The Bertz CT molecular complexity index is 745. The first kappa shape index (κ1) is 21.5. The number of unbranched alkanes of at least 4 members (excludes halogenated alkanes) is 1. The summed E-state index contributed by atoms with van der Waals surface area (Å²) in [5, 5.41) is 10.9. The van der Waals surface area contributed by atoms with E-state index in [1.165, 1.54) is 19.2 Å². The highest BCUT2D eigenvalue weighted by Crippen LogP contribution is 2.27. The molecule has 0 radical (unpaired) electrons. The van der Waals surface area contributed by atoms with Crippen LogP contribution in [0.15, 0.2) is 23.1 Å². The molecule has 2 rings (SSSR count). The van der Waals surface area contributed by atoms with Crippen molar-refractivity contribution < 1.29 is 22.8 Å². The van der Waals surface area contributed by atoms with Crippen molar-refractivity contribution in [3.8, 4) is 5.75 Å². The van der Waals surface area contributed by atoms with Gasteiger partial charge >= 0.3 is 0 Å². The Morgan fingerprint density at radius 3 is 2.56 bits per heavy atom. The minimum atomic E-state index is -3.89. The molecule has 0 aromatic heterocycles. The van der Waals surface area contributed by atoms with Crippen molar-refractivity contribution in [2.45, 2.75) is 43.8 Å². The summed E-state index contributed by atoms with van der Waals surface area (Å²) in [7, 11) is -2.57. The molecule has 1 N–H and O–H groups in total. The van der Waals surface area contributed by atoms with Crippen molar-refractivity contribution in [3.63, 3.8) is 0 Å². The number of rotatable bonds is 9. The summed E-state index contributed by atoms with van der Waals surface area (Å²) < 4.78 is 38.2. The lowest BCUT2D eigenvalue weighted by Gasteiger charge is -2.35. The maximum Gasteiger partial charge on any atom is 0.271 e. The molecule has 10 heteroatoms. The van der Waals surface area contributed by atoms with E-state index in [1.54, 1.807) is 0 Å². The minimum absolute atomic E-state index is 0.0735. The largest absolute Gasteiger partial charge is 0.495 e. The van der Waals surface area contributed by atoms with Gasteiger partial charge in [0.25, 0.3) is 5.69 Å². The number of non-ortho nitro benzene ring substituents is 1. The molecule has 152 valence electrons. The fraction of sp³-hybridized carbons (Fsp3) is 0.647. The Morgan fingerprint density at radius 1 is 1.30 bits per heavy atom. The first-order valence-electron chi connectivity index (χ1n) is 8.93. The van der Waals surface area contributed by atoms with E-state index in [0.29, 0.717) is 6.42 Å². The van der Waals surface area contributed by atoms with Crippen molar-refractivity contribution in [3.05, 3.63) is 28.3 Å². The predicted molar refractivity (Wildman–Crippen MR) is 101 cm³/mol. The van der Waals surface area contributed by atoms with E-state index < -0.39 is 14.9 Å². The molecule has 1 saturated heterocycles. The topological polar surface area (TPSA) is 111 Å². The van der Waals surface area contributed by atoms with Crippen LogP contribution in [0.4, 0.5) is 5.69 Å². The molecular weight excluding hydrogens is 374 g/mol. The maximum absolute atomic E-state index is 12.5. The van der Waals surface area contributed by atoms with Gasteiger partial charge in [0.1, 0.15) is 10.6 Å². The van der Waals surface area contributed by atoms with Crippen LogP contribution in [0.5, 0.6) is 5.75 Å². The van der Waals surface area contributed by atoms with Gasteiger partial charge in [-0.15, -0.1) is 0 Å². The highest BCUT2D eigenvalue weighted by Gasteiger charge is 2.23. The quantitative estimate of drug-likeness (QED) is 0.381. The molecule has 0 bridgehead atoms. The van der Waals surface area contributed by atoms with Crippen LogP contribution < -0.4 is 9.46 Å². The van der Waals surface area contributed by atoms with Gasteiger partial charge in [-0.2, -0.15) is 0 Å². The Kier molecular flexibility index (Phi) is 7.54. The lowest BCUT2D eigenvalue weighted by molar-refractivity contribution is -0.385. The van der Waals surface area contributed by atoms with Crippen molar-refractivity contribution in [1.82, 2.24) is 9.62 Å². The number of methoxy groups -OCH3 is 1. The molecule has 1 aromatic carbocycles. The molecule has 0 amide bonds. The van der Waals surface area contributed by atoms with Gasteiger partial charge in [-0.05, 0) is 39.3 Å². The maximum atomic E-state index is 12.5. The zero-order chi connectivity index (χ0) is 20.0. The summed E-state index contributed by atoms with van der Waals surface area (Å²) in [6, 6.07) is 3.51. The van der Waals surface area contributed by atoms with Gasteiger partial charge in [-0.25, -0.2) is 13.1 Å². The molecular formula is C17H27N3O6S. The molecule has 1 aliphatic rings. The Morgan fingerprint density at radius 2 is 1.96 bits per heavy atom. The molecule has 2 atom stereocenters. The summed E-state index contributed by atoms with van der Waals surface area (Å²) in [5.74, 6) is 0.0735.